The van der Waals surface area contributed by atoms with E-state index in [1.807, 2.05) is 0 Å². The van der Waals surface area contributed by atoms with Crippen molar-refractivity contribution in [2.45, 2.75) is 52.4 Å². The summed E-state index contributed by atoms with van der Waals surface area (Å²) in [5, 5.41) is 0. The quantitative estimate of drug-likeness (QED) is 0.280. The summed E-state index contributed by atoms with van der Waals surface area (Å²) in [6, 6.07) is 0. The van der Waals surface area contributed by atoms with Gasteiger partial charge in [-0.2, -0.15) is 0 Å². The molecule has 0 aliphatic heterocycles. The molecule has 0 saturated heterocycles. The summed E-state index contributed by atoms with van der Waals surface area (Å²) in [6.45, 7) is 5.25. The largest absolute Gasteiger partial charge is 1.00 e. The fraction of sp³-hybridized carbons (Fsp3) is 0.909. The van der Waals surface area contributed by atoms with Crippen LogP contribution in [0.5, 0.6) is 0 Å². The van der Waals surface area contributed by atoms with Crippen molar-refractivity contribution in [1.29, 1.82) is 0 Å². The summed E-state index contributed by atoms with van der Waals surface area (Å²) in [5.41, 5.74) is 0. The second-order valence-electron chi connectivity index (χ2n) is 4.05. The fourth-order valence-electron chi connectivity index (χ4n) is 1.34. The second-order valence-corrected chi connectivity index (χ2v) is 5.05. The van der Waals surface area contributed by atoms with Gasteiger partial charge in [-0.05, 0) is 12.3 Å². The van der Waals surface area contributed by atoms with Crippen LogP contribution >= 0.6 is 12.2 Å². The first kappa shape index (κ1) is 19.1. The van der Waals surface area contributed by atoms with E-state index < -0.39 is 0 Å². The topological polar surface area (TPSA) is 9.23 Å². The first-order chi connectivity index (χ1) is 6.63. The van der Waals surface area contributed by atoms with Crippen molar-refractivity contribution in [2.24, 2.45) is 5.92 Å². The van der Waals surface area contributed by atoms with Gasteiger partial charge in [0.05, 0.1) is 6.61 Å². The fourth-order valence-corrected chi connectivity index (χ4v) is 1.51. The first-order valence-electron chi connectivity index (χ1n) is 5.46. The summed E-state index contributed by atoms with van der Waals surface area (Å²) in [6.07, 6.45) is 7.68. The summed E-state index contributed by atoms with van der Waals surface area (Å²) in [7, 11) is 0. The van der Waals surface area contributed by atoms with Crippen LogP contribution in [0.15, 0.2) is 0 Å². The Morgan fingerprint density at radius 1 is 1.13 bits per heavy atom. The normalized spacial score (nSPS) is 9.80. The number of thiocarbonyl (C=S) groups is 1. The van der Waals surface area contributed by atoms with Gasteiger partial charge in [0.1, 0.15) is 0 Å². The third-order valence-electron chi connectivity index (χ3n) is 2.15. The van der Waals surface area contributed by atoms with Gasteiger partial charge < -0.3 is 29.6 Å². The molecule has 0 heterocycles. The molecule has 0 unspecified atom stereocenters. The van der Waals surface area contributed by atoms with Crippen molar-refractivity contribution >= 4 is 29.2 Å². The van der Waals surface area contributed by atoms with E-state index in [0.717, 1.165) is 12.3 Å². The summed E-state index contributed by atoms with van der Waals surface area (Å²) >= 11 is 9.27. The Labute approximate surface area is 148 Å². The van der Waals surface area contributed by atoms with Crippen molar-refractivity contribution < 1.29 is 56.1 Å². The Bertz CT molecular complexity index is 152. The van der Waals surface area contributed by atoms with Crippen LogP contribution in [0.1, 0.15) is 52.4 Å². The molecule has 84 valence electrons. The molecule has 0 aromatic heterocycles. The second kappa shape index (κ2) is 13.8. The molecule has 0 atom stereocenters. The molecule has 0 saturated carbocycles. The van der Waals surface area contributed by atoms with Crippen LogP contribution in [0, 0.1) is 5.92 Å². The van der Waals surface area contributed by atoms with Gasteiger partial charge in [-0.3, -0.25) is 0 Å². The minimum Gasteiger partial charge on any atom is -0.514 e. The standard InChI is InChI=1S/C11H22OS2.K/c1-10(2)8-6-4-3-5-7-9-12-11(13)14;/h10H,3-9H2,1-2H3,(H,13,14);/q;+1/p-1. The van der Waals surface area contributed by atoms with Gasteiger partial charge in [0.25, 0.3) is 0 Å². The molecule has 0 N–H and O–H groups in total. The number of rotatable bonds is 8. The van der Waals surface area contributed by atoms with Crippen LogP contribution in [-0.4, -0.2) is 11.0 Å². The Morgan fingerprint density at radius 3 is 2.20 bits per heavy atom. The summed E-state index contributed by atoms with van der Waals surface area (Å²) in [4.78, 5) is 0. The maximum Gasteiger partial charge on any atom is 1.00 e. The van der Waals surface area contributed by atoms with Crippen LogP contribution in [-0.2, 0) is 17.4 Å². The molecule has 0 aromatic carbocycles. The van der Waals surface area contributed by atoms with Crippen LogP contribution in [0.4, 0.5) is 0 Å². The predicted octanol–water partition coefficient (Wildman–Crippen LogP) is 0.835. The average molecular weight is 273 g/mol. The molecule has 1 nitrogen and oxygen atoms in total. The molecular weight excluding hydrogens is 251 g/mol. The van der Waals surface area contributed by atoms with Gasteiger partial charge in [-0.1, -0.05) is 46.0 Å². The SMILES string of the molecule is CC(C)CCCCCCCOC(=S)[S-].[K+]. The molecule has 0 spiro atoms. The van der Waals surface area contributed by atoms with E-state index in [4.69, 9.17) is 4.74 Å². The van der Waals surface area contributed by atoms with Crippen molar-refractivity contribution in [3.05, 3.63) is 0 Å². The van der Waals surface area contributed by atoms with Crippen LogP contribution < -0.4 is 51.4 Å². The van der Waals surface area contributed by atoms with Crippen molar-refractivity contribution in [1.82, 2.24) is 0 Å². The molecule has 0 radical (unpaired) electrons. The Kier molecular flexibility index (Phi) is 17.6. The van der Waals surface area contributed by atoms with Crippen LogP contribution in [0.25, 0.3) is 0 Å². The Balaban J connectivity index is 0. The van der Waals surface area contributed by atoms with Gasteiger partial charge in [0.15, 0.2) is 0 Å². The summed E-state index contributed by atoms with van der Waals surface area (Å²) in [5.74, 6) is 0.843. The van der Waals surface area contributed by atoms with Gasteiger partial charge in [0.2, 0.25) is 0 Å². The molecule has 15 heavy (non-hydrogen) atoms. The van der Waals surface area contributed by atoms with Gasteiger partial charge in [-0.15, -0.1) is 0 Å². The molecule has 4 heteroatoms. The monoisotopic (exact) mass is 272 g/mol. The zero-order valence-electron chi connectivity index (χ0n) is 10.3. The first-order valence-corrected chi connectivity index (χ1v) is 6.28. The van der Waals surface area contributed by atoms with Gasteiger partial charge in [-0.25, -0.2) is 0 Å². The molecule has 0 aliphatic carbocycles. The van der Waals surface area contributed by atoms with E-state index >= 15 is 0 Å². The van der Waals surface area contributed by atoms with E-state index in [1.165, 1.54) is 32.1 Å². The molecule has 0 amide bonds. The number of hydrogen-bond donors (Lipinski definition) is 0. The Morgan fingerprint density at radius 2 is 1.67 bits per heavy atom. The third-order valence-corrected chi connectivity index (χ3v) is 2.38. The molecular formula is C11H21KOS2. The van der Waals surface area contributed by atoms with Gasteiger partial charge in [0, 0.05) is 4.38 Å². The molecule has 0 aromatic rings. The summed E-state index contributed by atoms with van der Waals surface area (Å²) < 4.78 is 5.29. The maximum atomic E-state index is 5.03. The van der Waals surface area contributed by atoms with Crippen molar-refractivity contribution in [3.63, 3.8) is 0 Å². The third kappa shape index (κ3) is 18.3. The van der Waals surface area contributed by atoms with E-state index in [-0.39, 0.29) is 55.8 Å². The number of ether oxygens (including phenoxy) is 1. The average Bonchev–Trinajstić information content (AvgIpc) is 2.08. The van der Waals surface area contributed by atoms with Crippen LogP contribution in [0.2, 0.25) is 0 Å². The molecule has 0 fully saturated rings. The Hall–Kier alpha value is 1.75. The smallest absolute Gasteiger partial charge is 0.514 e. The van der Waals surface area contributed by atoms with Crippen LogP contribution in [0.3, 0.4) is 0 Å². The van der Waals surface area contributed by atoms with E-state index in [9.17, 15) is 0 Å². The number of hydrogen-bond acceptors (Lipinski definition) is 3. The van der Waals surface area contributed by atoms with Crippen molar-refractivity contribution in [2.75, 3.05) is 6.61 Å². The predicted molar refractivity (Wildman–Crippen MR) is 68.5 cm³/mol. The van der Waals surface area contributed by atoms with E-state index in [0.29, 0.717) is 6.61 Å². The van der Waals surface area contributed by atoms with Crippen molar-refractivity contribution in [3.8, 4) is 0 Å². The molecule has 0 rings (SSSR count). The van der Waals surface area contributed by atoms with E-state index in [1.54, 1.807) is 0 Å². The number of unbranched alkanes of at least 4 members (excludes halogenated alkanes) is 4. The molecule has 0 aliphatic rings. The minimum atomic E-state index is 0. The molecule has 0 bridgehead atoms. The zero-order chi connectivity index (χ0) is 10.8. The van der Waals surface area contributed by atoms with Gasteiger partial charge >= 0.3 is 51.4 Å². The maximum absolute atomic E-state index is 5.03. The minimum absolute atomic E-state index is 0. The zero-order valence-corrected chi connectivity index (χ0v) is 15.0. The van der Waals surface area contributed by atoms with E-state index in [2.05, 4.69) is 38.7 Å².